The normalized spacial score (nSPS) is 46.6. The van der Waals surface area contributed by atoms with Gasteiger partial charge < -0.3 is 10.5 Å². The first-order valence-corrected chi connectivity index (χ1v) is 5.62. The van der Waals surface area contributed by atoms with Gasteiger partial charge in [0.2, 0.25) is 0 Å². The van der Waals surface area contributed by atoms with Crippen molar-refractivity contribution in [3.05, 3.63) is 0 Å². The van der Waals surface area contributed by atoms with Crippen LogP contribution in [-0.4, -0.2) is 18.2 Å². The van der Waals surface area contributed by atoms with Gasteiger partial charge in [-0.25, -0.2) is 0 Å². The Morgan fingerprint density at radius 3 is 2.85 bits per heavy atom. The van der Waals surface area contributed by atoms with Crippen LogP contribution in [0.1, 0.15) is 45.4 Å². The average molecular weight is 183 g/mol. The summed E-state index contributed by atoms with van der Waals surface area (Å²) in [6.45, 7) is 3.26. The molecule has 1 saturated carbocycles. The van der Waals surface area contributed by atoms with Gasteiger partial charge in [0.05, 0.1) is 5.60 Å². The van der Waals surface area contributed by atoms with Crippen molar-refractivity contribution in [3.63, 3.8) is 0 Å². The first-order chi connectivity index (χ1) is 6.23. The zero-order chi connectivity index (χ0) is 9.31. The summed E-state index contributed by atoms with van der Waals surface area (Å²) in [6, 6.07) is 0.295. The lowest BCUT2D eigenvalue weighted by molar-refractivity contribution is -0.120. The maximum absolute atomic E-state index is 6.18. The molecule has 3 atom stereocenters. The van der Waals surface area contributed by atoms with Gasteiger partial charge in [0.25, 0.3) is 0 Å². The molecule has 1 heterocycles. The van der Waals surface area contributed by atoms with Crippen molar-refractivity contribution in [2.75, 3.05) is 6.61 Å². The van der Waals surface area contributed by atoms with Crippen LogP contribution in [0.15, 0.2) is 0 Å². The Hall–Kier alpha value is -0.0800. The third-order valence-corrected chi connectivity index (χ3v) is 3.72. The van der Waals surface area contributed by atoms with E-state index < -0.39 is 0 Å². The number of hydrogen-bond donors (Lipinski definition) is 1. The molecule has 0 aromatic heterocycles. The third-order valence-electron chi connectivity index (χ3n) is 3.72. The summed E-state index contributed by atoms with van der Waals surface area (Å²) in [5.41, 5.74) is 6.25. The van der Waals surface area contributed by atoms with Gasteiger partial charge in [-0.15, -0.1) is 0 Å². The van der Waals surface area contributed by atoms with Crippen molar-refractivity contribution in [2.45, 2.75) is 57.1 Å². The molecular weight excluding hydrogens is 162 g/mol. The van der Waals surface area contributed by atoms with Crippen LogP contribution < -0.4 is 5.73 Å². The van der Waals surface area contributed by atoms with Crippen LogP contribution in [0.5, 0.6) is 0 Å². The van der Waals surface area contributed by atoms with Gasteiger partial charge >= 0.3 is 0 Å². The highest BCUT2D eigenvalue weighted by molar-refractivity contribution is 4.97. The van der Waals surface area contributed by atoms with Gasteiger partial charge in [0, 0.05) is 12.6 Å². The van der Waals surface area contributed by atoms with Crippen molar-refractivity contribution in [3.8, 4) is 0 Å². The summed E-state index contributed by atoms with van der Waals surface area (Å²) < 4.78 is 5.96. The molecule has 0 unspecified atom stereocenters. The minimum absolute atomic E-state index is 0.0654. The van der Waals surface area contributed by atoms with Crippen molar-refractivity contribution < 1.29 is 4.74 Å². The molecule has 2 nitrogen and oxygen atoms in total. The Morgan fingerprint density at radius 1 is 1.31 bits per heavy atom. The summed E-state index contributed by atoms with van der Waals surface area (Å²) in [6.07, 6.45) is 7.35. The van der Waals surface area contributed by atoms with Crippen molar-refractivity contribution in [1.29, 1.82) is 0 Å². The predicted octanol–water partition coefficient (Wildman–Crippen LogP) is 2.07. The molecule has 1 saturated heterocycles. The standard InChI is InChI=1S/C11H21NO/c1-9-4-5-10(12)11(8-9)6-2-3-7-13-11/h9-10H,2-8,12H2,1H3/t9-,10+,11-/m1/s1. The molecule has 1 aliphatic heterocycles. The molecule has 1 aliphatic carbocycles. The van der Waals surface area contributed by atoms with Crippen LogP contribution in [-0.2, 0) is 4.74 Å². The van der Waals surface area contributed by atoms with Gasteiger partial charge in [0.1, 0.15) is 0 Å². The summed E-state index contributed by atoms with van der Waals surface area (Å²) in [5, 5.41) is 0. The second-order valence-corrected chi connectivity index (χ2v) is 4.86. The molecule has 0 bridgehead atoms. The van der Waals surface area contributed by atoms with E-state index in [-0.39, 0.29) is 5.60 Å². The fourth-order valence-corrected chi connectivity index (χ4v) is 2.90. The zero-order valence-corrected chi connectivity index (χ0v) is 8.59. The molecule has 2 fully saturated rings. The summed E-state index contributed by atoms with van der Waals surface area (Å²) >= 11 is 0. The van der Waals surface area contributed by atoms with Crippen LogP contribution in [0.3, 0.4) is 0 Å². The molecule has 2 heteroatoms. The molecule has 76 valence electrons. The summed E-state index contributed by atoms with van der Waals surface area (Å²) in [7, 11) is 0. The molecule has 0 amide bonds. The zero-order valence-electron chi connectivity index (χ0n) is 8.59. The topological polar surface area (TPSA) is 35.2 Å². The third kappa shape index (κ3) is 1.75. The maximum atomic E-state index is 6.18. The Labute approximate surface area is 80.8 Å². The Kier molecular flexibility index (Phi) is 2.61. The second kappa shape index (κ2) is 3.58. The largest absolute Gasteiger partial charge is 0.373 e. The molecule has 2 rings (SSSR count). The lowest BCUT2D eigenvalue weighted by atomic mass is 9.72. The minimum Gasteiger partial charge on any atom is -0.373 e. The average Bonchev–Trinajstić information content (AvgIpc) is 2.14. The van der Waals surface area contributed by atoms with Crippen LogP contribution in [0, 0.1) is 5.92 Å². The predicted molar refractivity (Wildman–Crippen MR) is 53.5 cm³/mol. The van der Waals surface area contributed by atoms with E-state index in [1.165, 1.54) is 32.1 Å². The quantitative estimate of drug-likeness (QED) is 0.624. The van der Waals surface area contributed by atoms with E-state index in [0.29, 0.717) is 6.04 Å². The fraction of sp³-hybridized carbons (Fsp3) is 1.00. The van der Waals surface area contributed by atoms with Gasteiger partial charge in [-0.3, -0.25) is 0 Å². The monoisotopic (exact) mass is 183 g/mol. The van der Waals surface area contributed by atoms with Crippen molar-refractivity contribution in [1.82, 2.24) is 0 Å². The van der Waals surface area contributed by atoms with E-state index in [4.69, 9.17) is 10.5 Å². The van der Waals surface area contributed by atoms with E-state index in [0.717, 1.165) is 18.9 Å². The number of rotatable bonds is 0. The van der Waals surface area contributed by atoms with E-state index in [9.17, 15) is 0 Å². The highest BCUT2D eigenvalue weighted by Crippen LogP contribution is 2.40. The molecule has 1 spiro atoms. The number of nitrogens with two attached hydrogens (primary N) is 1. The Morgan fingerprint density at radius 2 is 2.15 bits per heavy atom. The van der Waals surface area contributed by atoms with Crippen LogP contribution in [0.4, 0.5) is 0 Å². The van der Waals surface area contributed by atoms with E-state index in [1.54, 1.807) is 0 Å². The fourth-order valence-electron chi connectivity index (χ4n) is 2.90. The maximum Gasteiger partial charge on any atom is 0.0835 e. The van der Waals surface area contributed by atoms with E-state index >= 15 is 0 Å². The molecule has 13 heavy (non-hydrogen) atoms. The SMILES string of the molecule is C[C@@H]1CC[C@H](N)[C@@]2(CCCCO2)C1. The van der Waals surface area contributed by atoms with E-state index in [2.05, 4.69) is 6.92 Å². The van der Waals surface area contributed by atoms with Gasteiger partial charge in [-0.05, 0) is 44.4 Å². The van der Waals surface area contributed by atoms with Gasteiger partial charge in [0.15, 0.2) is 0 Å². The minimum atomic E-state index is 0.0654. The highest BCUT2D eigenvalue weighted by Gasteiger charge is 2.42. The van der Waals surface area contributed by atoms with Crippen LogP contribution in [0.2, 0.25) is 0 Å². The Balaban J connectivity index is 2.07. The highest BCUT2D eigenvalue weighted by atomic mass is 16.5. The molecule has 0 radical (unpaired) electrons. The van der Waals surface area contributed by atoms with Gasteiger partial charge in [-0.2, -0.15) is 0 Å². The number of hydrogen-bond acceptors (Lipinski definition) is 2. The first kappa shape index (κ1) is 9.47. The number of ether oxygens (including phenoxy) is 1. The Bertz CT molecular complexity index is 175. The van der Waals surface area contributed by atoms with E-state index in [1.807, 2.05) is 0 Å². The molecule has 0 aromatic rings. The molecular formula is C11H21NO. The lowest BCUT2D eigenvalue weighted by Crippen LogP contribution is -2.55. The van der Waals surface area contributed by atoms with Crippen LogP contribution >= 0.6 is 0 Å². The summed E-state index contributed by atoms with van der Waals surface area (Å²) in [5.74, 6) is 0.804. The van der Waals surface area contributed by atoms with Crippen molar-refractivity contribution >= 4 is 0 Å². The van der Waals surface area contributed by atoms with Crippen LogP contribution in [0.25, 0.3) is 0 Å². The second-order valence-electron chi connectivity index (χ2n) is 4.86. The molecule has 2 N–H and O–H groups in total. The van der Waals surface area contributed by atoms with Crippen molar-refractivity contribution in [2.24, 2.45) is 11.7 Å². The molecule has 0 aromatic carbocycles. The van der Waals surface area contributed by atoms with Gasteiger partial charge in [-0.1, -0.05) is 6.92 Å². The summed E-state index contributed by atoms with van der Waals surface area (Å²) in [4.78, 5) is 0. The molecule has 2 aliphatic rings. The first-order valence-electron chi connectivity index (χ1n) is 5.62. The lowest BCUT2D eigenvalue weighted by Gasteiger charge is -2.46. The smallest absolute Gasteiger partial charge is 0.0835 e.